The molecule has 0 aliphatic heterocycles. The predicted molar refractivity (Wildman–Crippen MR) is 100 cm³/mol. The molecular formula is C24H20O. The Balaban J connectivity index is 1.93. The van der Waals surface area contributed by atoms with Gasteiger partial charge in [-0.2, -0.15) is 0 Å². The first-order valence-corrected chi connectivity index (χ1v) is 9.02. The van der Waals surface area contributed by atoms with Gasteiger partial charge in [0.05, 0.1) is 5.41 Å². The summed E-state index contributed by atoms with van der Waals surface area (Å²) in [7, 11) is 0. The number of hydrogen-bond acceptors (Lipinski definition) is 1. The molecule has 0 saturated heterocycles. The molecule has 25 heavy (non-hydrogen) atoms. The minimum Gasteiger partial charge on any atom is -0.294 e. The van der Waals surface area contributed by atoms with Crippen LogP contribution in [0.2, 0.25) is 0 Å². The van der Waals surface area contributed by atoms with E-state index in [-0.39, 0.29) is 11.3 Å². The monoisotopic (exact) mass is 324 g/mol. The topological polar surface area (TPSA) is 17.1 Å². The van der Waals surface area contributed by atoms with Gasteiger partial charge in [0.2, 0.25) is 0 Å². The lowest BCUT2D eigenvalue weighted by molar-refractivity contribution is 0.0897. The number of benzene rings is 3. The van der Waals surface area contributed by atoms with E-state index >= 15 is 0 Å². The van der Waals surface area contributed by atoms with Crippen molar-refractivity contribution < 1.29 is 4.79 Å². The van der Waals surface area contributed by atoms with E-state index in [4.69, 9.17) is 0 Å². The van der Waals surface area contributed by atoms with Gasteiger partial charge in [0.25, 0.3) is 0 Å². The molecule has 2 aliphatic carbocycles. The smallest absolute Gasteiger partial charge is 0.167 e. The molecule has 0 N–H and O–H groups in total. The lowest BCUT2D eigenvalue weighted by Crippen LogP contribution is -2.40. The molecule has 122 valence electrons. The van der Waals surface area contributed by atoms with Gasteiger partial charge in [-0.25, -0.2) is 0 Å². The van der Waals surface area contributed by atoms with Crippen LogP contribution < -0.4 is 0 Å². The van der Waals surface area contributed by atoms with E-state index in [0.717, 1.165) is 24.0 Å². The number of aryl methyl sites for hydroxylation is 2. The average molecular weight is 324 g/mol. The van der Waals surface area contributed by atoms with Gasteiger partial charge in [0, 0.05) is 11.5 Å². The van der Waals surface area contributed by atoms with Crippen LogP contribution >= 0.6 is 0 Å². The molecule has 0 bridgehead atoms. The fraction of sp³-hybridized carbons (Fsp3) is 0.208. The zero-order chi connectivity index (χ0) is 17.0. The molecule has 0 heterocycles. The summed E-state index contributed by atoms with van der Waals surface area (Å²) in [4.78, 5) is 13.4. The van der Waals surface area contributed by atoms with Crippen molar-refractivity contribution >= 4 is 5.78 Å². The number of carbonyl (C=O) groups excluding carboxylic acids is 1. The summed E-state index contributed by atoms with van der Waals surface area (Å²) in [6.07, 6.45) is 1.90. The van der Waals surface area contributed by atoms with Crippen molar-refractivity contribution in [3.8, 4) is 0 Å². The van der Waals surface area contributed by atoms with E-state index in [1.54, 1.807) is 0 Å². The molecule has 0 fully saturated rings. The lowest BCUT2D eigenvalue weighted by atomic mass is 9.59. The van der Waals surface area contributed by atoms with Crippen LogP contribution in [0.5, 0.6) is 0 Å². The Hall–Kier alpha value is -2.67. The first kappa shape index (κ1) is 14.7. The quantitative estimate of drug-likeness (QED) is 0.609. The van der Waals surface area contributed by atoms with E-state index in [1.165, 1.54) is 22.3 Å². The van der Waals surface area contributed by atoms with Gasteiger partial charge in [0.1, 0.15) is 0 Å². The Kier molecular flexibility index (Phi) is 3.03. The van der Waals surface area contributed by atoms with Crippen LogP contribution in [0.3, 0.4) is 0 Å². The second kappa shape index (κ2) is 5.16. The van der Waals surface area contributed by atoms with Crippen molar-refractivity contribution in [2.75, 3.05) is 0 Å². The number of fused-ring (bicyclic) bond motifs is 5. The van der Waals surface area contributed by atoms with Crippen molar-refractivity contribution in [3.63, 3.8) is 0 Å². The summed E-state index contributed by atoms with van der Waals surface area (Å²) in [6, 6.07) is 25.7. The van der Waals surface area contributed by atoms with Crippen LogP contribution in [0.25, 0.3) is 0 Å². The molecular weight excluding hydrogens is 304 g/mol. The number of rotatable bonds is 1. The first-order valence-electron chi connectivity index (χ1n) is 9.02. The van der Waals surface area contributed by atoms with E-state index in [9.17, 15) is 4.79 Å². The third-order valence-corrected chi connectivity index (χ3v) is 6.08. The second-order valence-corrected chi connectivity index (χ2v) is 7.34. The number of hydrogen-bond donors (Lipinski definition) is 0. The van der Waals surface area contributed by atoms with Crippen LogP contribution in [0.4, 0.5) is 0 Å². The summed E-state index contributed by atoms with van der Waals surface area (Å²) in [5, 5.41) is 0. The zero-order valence-electron chi connectivity index (χ0n) is 14.3. The Morgan fingerprint density at radius 3 is 2.48 bits per heavy atom. The lowest BCUT2D eigenvalue weighted by Gasteiger charge is -2.42. The molecule has 0 spiro atoms. The Labute approximate surface area is 148 Å². The highest BCUT2D eigenvalue weighted by molar-refractivity contribution is 6.06. The normalized spacial score (nSPS) is 23.7. The molecule has 0 saturated carbocycles. The molecule has 0 aromatic heterocycles. The minimum absolute atomic E-state index is 0.00148. The van der Waals surface area contributed by atoms with Gasteiger partial charge in [-0.05, 0) is 48.1 Å². The molecule has 2 atom stereocenters. The molecule has 0 radical (unpaired) electrons. The highest BCUT2D eigenvalue weighted by atomic mass is 16.1. The molecule has 3 aromatic carbocycles. The number of Topliss-reactive ketones (excluding diaryl/α,β-unsaturated/α-hetero) is 1. The Bertz CT molecular complexity index is 986. The maximum atomic E-state index is 13.4. The standard InChI is InChI=1S/C24H20O/c1-16-11-13-21-19(15-16)23(25)22-14-12-17-7-5-6-10-20(17)24(21,22)18-8-3-2-4-9-18/h2-11,13,15,22H,12,14H2,1H3/t22-,24+/m0/s1. The van der Waals surface area contributed by atoms with Crippen molar-refractivity contribution in [2.45, 2.75) is 25.2 Å². The van der Waals surface area contributed by atoms with Crippen LogP contribution in [0.1, 0.15) is 44.6 Å². The van der Waals surface area contributed by atoms with Crippen LogP contribution in [-0.2, 0) is 11.8 Å². The van der Waals surface area contributed by atoms with Gasteiger partial charge in [-0.15, -0.1) is 0 Å². The van der Waals surface area contributed by atoms with Crippen molar-refractivity contribution in [1.29, 1.82) is 0 Å². The van der Waals surface area contributed by atoms with Gasteiger partial charge < -0.3 is 0 Å². The fourth-order valence-corrected chi connectivity index (χ4v) is 5.09. The second-order valence-electron chi connectivity index (χ2n) is 7.34. The van der Waals surface area contributed by atoms with Gasteiger partial charge in [-0.1, -0.05) is 72.3 Å². The van der Waals surface area contributed by atoms with Gasteiger partial charge in [-0.3, -0.25) is 4.79 Å². The molecule has 0 amide bonds. The van der Waals surface area contributed by atoms with Crippen molar-refractivity contribution in [1.82, 2.24) is 0 Å². The van der Waals surface area contributed by atoms with E-state index in [0.29, 0.717) is 5.78 Å². The highest BCUT2D eigenvalue weighted by Crippen LogP contribution is 2.56. The summed E-state index contributed by atoms with van der Waals surface area (Å²) in [6.45, 7) is 2.07. The molecule has 5 rings (SSSR count). The summed E-state index contributed by atoms with van der Waals surface area (Å²) >= 11 is 0. The van der Waals surface area contributed by atoms with Crippen LogP contribution in [0, 0.1) is 12.8 Å². The molecule has 1 heteroatoms. The molecule has 1 nitrogen and oxygen atoms in total. The number of ketones is 1. The predicted octanol–water partition coefficient (Wildman–Crippen LogP) is 5.09. The zero-order valence-corrected chi connectivity index (χ0v) is 14.3. The summed E-state index contributed by atoms with van der Waals surface area (Å²) < 4.78 is 0. The molecule has 2 aliphatic rings. The highest BCUT2D eigenvalue weighted by Gasteiger charge is 2.55. The summed E-state index contributed by atoms with van der Waals surface area (Å²) in [5.41, 5.74) is 6.86. The molecule has 3 aromatic rings. The Morgan fingerprint density at radius 2 is 1.64 bits per heavy atom. The third kappa shape index (κ3) is 1.81. The minimum atomic E-state index is -0.337. The Morgan fingerprint density at radius 1 is 0.880 bits per heavy atom. The maximum Gasteiger partial charge on any atom is 0.167 e. The summed E-state index contributed by atoms with van der Waals surface area (Å²) in [5.74, 6) is 0.318. The first-order chi connectivity index (χ1) is 12.2. The van der Waals surface area contributed by atoms with Crippen LogP contribution in [-0.4, -0.2) is 5.78 Å². The van der Waals surface area contributed by atoms with Crippen LogP contribution in [0.15, 0.2) is 72.8 Å². The van der Waals surface area contributed by atoms with Crippen molar-refractivity contribution in [2.24, 2.45) is 5.92 Å². The largest absolute Gasteiger partial charge is 0.294 e. The van der Waals surface area contributed by atoms with Crippen molar-refractivity contribution in [3.05, 3.63) is 106 Å². The van der Waals surface area contributed by atoms with E-state index < -0.39 is 0 Å². The van der Waals surface area contributed by atoms with Gasteiger partial charge in [0.15, 0.2) is 5.78 Å². The SMILES string of the molecule is Cc1ccc2c(c1)C(=O)[C@@H]1CCc3ccccc3[C@]21c1ccccc1. The molecule has 0 unspecified atom stereocenters. The van der Waals surface area contributed by atoms with E-state index in [1.807, 2.05) is 0 Å². The van der Waals surface area contributed by atoms with E-state index in [2.05, 4.69) is 79.7 Å². The maximum absolute atomic E-state index is 13.4. The fourth-order valence-electron chi connectivity index (χ4n) is 5.09. The number of carbonyl (C=O) groups is 1. The average Bonchev–Trinajstić information content (AvgIpc) is 2.92. The third-order valence-electron chi connectivity index (χ3n) is 6.08. The van der Waals surface area contributed by atoms with Gasteiger partial charge >= 0.3 is 0 Å².